The van der Waals surface area contributed by atoms with Gasteiger partial charge in [-0.05, 0) is 37.5 Å². The molecule has 2 unspecified atom stereocenters. The molecule has 0 spiro atoms. The number of carboxylic acids is 1. The monoisotopic (exact) mass is 253 g/mol. The highest BCUT2D eigenvalue weighted by molar-refractivity contribution is 5.85. The van der Waals surface area contributed by atoms with Crippen molar-refractivity contribution < 1.29 is 14.7 Å². The molecule has 102 valence electrons. The van der Waals surface area contributed by atoms with Crippen LogP contribution in [-0.4, -0.2) is 23.5 Å². The van der Waals surface area contributed by atoms with Crippen molar-refractivity contribution in [3.05, 3.63) is 0 Å². The Morgan fingerprint density at radius 1 is 1.17 bits per heavy atom. The molecule has 0 aromatic heterocycles. The predicted octanol–water partition coefficient (Wildman–Crippen LogP) is 2.04. The number of carbonyl (C=O) groups excluding carboxylic acids is 1. The Morgan fingerprint density at radius 2 is 1.89 bits per heavy atom. The Hall–Kier alpha value is -1.06. The first-order chi connectivity index (χ1) is 8.58. The van der Waals surface area contributed by atoms with Gasteiger partial charge in [-0.1, -0.05) is 19.8 Å². The SMILES string of the molecule is CC1CCC(CNC(=O)[C@@H]2CCC[C@@H]2C(=O)O)C1. The lowest BCUT2D eigenvalue weighted by Gasteiger charge is -2.17. The fraction of sp³-hybridized carbons (Fsp3) is 0.857. The van der Waals surface area contributed by atoms with E-state index < -0.39 is 11.9 Å². The van der Waals surface area contributed by atoms with Crippen LogP contribution in [0.15, 0.2) is 0 Å². The quantitative estimate of drug-likeness (QED) is 0.805. The van der Waals surface area contributed by atoms with Crippen LogP contribution in [0.1, 0.15) is 45.4 Å². The number of nitrogens with one attached hydrogen (secondary N) is 1. The molecule has 4 heteroatoms. The fourth-order valence-corrected chi connectivity index (χ4v) is 3.46. The van der Waals surface area contributed by atoms with Gasteiger partial charge < -0.3 is 10.4 Å². The van der Waals surface area contributed by atoms with Gasteiger partial charge in [0, 0.05) is 6.54 Å². The molecule has 18 heavy (non-hydrogen) atoms. The lowest BCUT2D eigenvalue weighted by Crippen LogP contribution is -2.37. The van der Waals surface area contributed by atoms with Crippen LogP contribution >= 0.6 is 0 Å². The van der Waals surface area contributed by atoms with Gasteiger partial charge in [0.05, 0.1) is 11.8 Å². The van der Waals surface area contributed by atoms with Crippen molar-refractivity contribution in [2.45, 2.75) is 45.4 Å². The average molecular weight is 253 g/mol. The zero-order chi connectivity index (χ0) is 13.1. The molecule has 0 aromatic carbocycles. The molecule has 2 aliphatic carbocycles. The zero-order valence-electron chi connectivity index (χ0n) is 11.0. The van der Waals surface area contributed by atoms with Crippen molar-refractivity contribution in [3.8, 4) is 0 Å². The normalized spacial score (nSPS) is 35.6. The summed E-state index contributed by atoms with van der Waals surface area (Å²) in [4.78, 5) is 23.1. The molecule has 0 saturated heterocycles. The molecule has 0 aromatic rings. The maximum atomic E-state index is 12.0. The van der Waals surface area contributed by atoms with Crippen LogP contribution in [0.25, 0.3) is 0 Å². The van der Waals surface area contributed by atoms with Crippen molar-refractivity contribution in [1.29, 1.82) is 0 Å². The third kappa shape index (κ3) is 3.03. The Morgan fingerprint density at radius 3 is 2.50 bits per heavy atom. The van der Waals surface area contributed by atoms with E-state index in [1.165, 1.54) is 19.3 Å². The van der Waals surface area contributed by atoms with Gasteiger partial charge in [0.15, 0.2) is 0 Å². The zero-order valence-corrected chi connectivity index (χ0v) is 11.0. The van der Waals surface area contributed by atoms with Gasteiger partial charge in [-0.3, -0.25) is 9.59 Å². The second-order valence-electron chi connectivity index (χ2n) is 6.01. The van der Waals surface area contributed by atoms with E-state index in [0.29, 0.717) is 12.3 Å². The molecule has 0 radical (unpaired) electrons. The number of carboxylic acid groups (broad SMARTS) is 1. The second kappa shape index (κ2) is 5.72. The van der Waals surface area contributed by atoms with Gasteiger partial charge in [-0.15, -0.1) is 0 Å². The summed E-state index contributed by atoms with van der Waals surface area (Å²) in [6.45, 7) is 2.98. The summed E-state index contributed by atoms with van der Waals surface area (Å²) in [5, 5.41) is 12.0. The summed E-state index contributed by atoms with van der Waals surface area (Å²) in [5.74, 6) is -0.269. The lowest BCUT2D eigenvalue weighted by molar-refractivity contribution is -0.146. The lowest BCUT2D eigenvalue weighted by atomic mass is 9.95. The number of hydrogen-bond acceptors (Lipinski definition) is 2. The Labute approximate surface area is 108 Å². The van der Waals surface area contributed by atoms with E-state index >= 15 is 0 Å². The minimum absolute atomic E-state index is 0.0422. The predicted molar refractivity (Wildman–Crippen MR) is 68.0 cm³/mol. The number of carbonyl (C=O) groups is 2. The van der Waals surface area contributed by atoms with Gasteiger partial charge in [0.2, 0.25) is 5.91 Å². The number of hydrogen-bond donors (Lipinski definition) is 2. The van der Waals surface area contributed by atoms with Gasteiger partial charge in [0.25, 0.3) is 0 Å². The van der Waals surface area contributed by atoms with E-state index in [1.807, 2.05) is 0 Å². The van der Waals surface area contributed by atoms with Crippen LogP contribution in [0.4, 0.5) is 0 Å². The molecule has 0 heterocycles. The van der Waals surface area contributed by atoms with Crippen LogP contribution in [0.5, 0.6) is 0 Å². The largest absolute Gasteiger partial charge is 0.481 e. The first kappa shape index (κ1) is 13.4. The summed E-state index contributed by atoms with van der Waals surface area (Å²) in [5.41, 5.74) is 0. The Kier molecular flexibility index (Phi) is 4.25. The number of rotatable bonds is 4. The summed E-state index contributed by atoms with van der Waals surface area (Å²) in [6.07, 6.45) is 5.86. The topological polar surface area (TPSA) is 66.4 Å². The van der Waals surface area contributed by atoms with E-state index in [4.69, 9.17) is 5.11 Å². The maximum absolute atomic E-state index is 12.0. The first-order valence-electron chi connectivity index (χ1n) is 7.08. The van der Waals surface area contributed by atoms with Crippen LogP contribution in [-0.2, 0) is 9.59 Å². The van der Waals surface area contributed by atoms with Crippen molar-refractivity contribution in [2.24, 2.45) is 23.7 Å². The van der Waals surface area contributed by atoms with Gasteiger partial charge >= 0.3 is 5.97 Å². The smallest absolute Gasteiger partial charge is 0.307 e. The van der Waals surface area contributed by atoms with E-state index in [2.05, 4.69) is 12.2 Å². The minimum Gasteiger partial charge on any atom is -0.481 e. The van der Waals surface area contributed by atoms with Gasteiger partial charge in [0.1, 0.15) is 0 Å². The molecule has 4 nitrogen and oxygen atoms in total. The van der Waals surface area contributed by atoms with Gasteiger partial charge in [-0.2, -0.15) is 0 Å². The third-order valence-corrected chi connectivity index (χ3v) is 4.54. The van der Waals surface area contributed by atoms with E-state index in [1.54, 1.807) is 0 Å². The fourth-order valence-electron chi connectivity index (χ4n) is 3.46. The molecular formula is C14H23NO3. The number of amides is 1. The van der Waals surface area contributed by atoms with Crippen LogP contribution < -0.4 is 5.32 Å². The highest BCUT2D eigenvalue weighted by Crippen LogP contribution is 2.33. The molecule has 0 aliphatic heterocycles. The molecule has 2 saturated carbocycles. The molecular weight excluding hydrogens is 230 g/mol. The molecule has 2 aliphatic rings. The van der Waals surface area contributed by atoms with E-state index in [-0.39, 0.29) is 11.8 Å². The minimum atomic E-state index is -0.817. The van der Waals surface area contributed by atoms with Crippen LogP contribution in [0, 0.1) is 23.7 Å². The maximum Gasteiger partial charge on any atom is 0.307 e. The van der Waals surface area contributed by atoms with Crippen molar-refractivity contribution in [1.82, 2.24) is 5.32 Å². The summed E-state index contributed by atoms with van der Waals surface area (Å²) in [6, 6.07) is 0. The Balaban J connectivity index is 1.79. The highest BCUT2D eigenvalue weighted by Gasteiger charge is 2.37. The second-order valence-corrected chi connectivity index (χ2v) is 6.01. The average Bonchev–Trinajstić information content (AvgIpc) is 2.94. The molecule has 2 rings (SSSR count). The highest BCUT2D eigenvalue weighted by atomic mass is 16.4. The first-order valence-corrected chi connectivity index (χ1v) is 7.08. The molecule has 2 fully saturated rings. The van der Waals surface area contributed by atoms with Crippen molar-refractivity contribution in [2.75, 3.05) is 6.54 Å². The van der Waals surface area contributed by atoms with Gasteiger partial charge in [-0.25, -0.2) is 0 Å². The summed E-state index contributed by atoms with van der Waals surface area (Å²) >= 11 is 0. The van der Waals surface area contributed by atoms with Crippen LogP contribution in [0.3, 0.4) is 0 Å². The molecule has 4 atom stereocenters. The van der Waals surface area contributed by atoms with Crippen LogP contribution in [0.2, 0.25) is 0 Å². The van der Waals surface area contributed by atoms with Crippen molar-refractivity contribution in [3.63, 3.8) is 0 Å². The molecule has 2 N–H and O–H groups in total. The van der Waals surface area contributed by atoms with E-state index in [9.17, 15) is 9.59 Å². The summed E-state index contributed by atoms with van der Waals surface area (Å²) in [7, 11) is 0. The standard InChI is InChI=1S/C14H23NO3/c1-9-5-6-10(7-9)8-15-13(16)11-3-2-4-12(11)14(17)18/h9-12H,2-8H2,1H3,(H,15,16)(H,17,18)/t9?,10?,11-,12+/m1/s1. The molecule has 0 bridgehead atoms. The Bertz CT molecular complexity index is 329. The molecule has 1 amide bonds. The summed E-state index contributed by atoms with van der Waals surface area (Å²) < 4.78 is 0. The third-order valence-electron chi connectivity index (χ3n) is 4.54. The number of aliphatic carboxylic acids is 1. The van der Waals surface area contributed by atoms with E-state index in [0.717, 1.165) is 25.3 Å². The van der Waals surface area contributed by atoms with Crippen molar-refractivity contribution >= 4 is 11.9 Å².